The number of nitrogens with one attached hydrogen (secondary N) is 1. The summed E-state index contributed by atoms with van der Waals surface area (Å²) in [6, 6.07) is 7.70. The number of nitrogens with zero attached hydrogens (tertiary/aromatic N) is 3. The number of rotatable bonds is 4. The Morgan fingerprint density at radius 2 is 2.22 bits per heavy atom. The maximum atomic E-state index is 13.1. The fraction of sp³-hybridized carbons (Fsp3) is 0.333. The number of ether oxygens (including phenoxy) is 1. The first kappa shape index (κ1) is 15.7. The van der Waals surface area contributed by atoms with Gasteiger partial charge in [-0.1, -0.05) is 12.1 Å². The summed E-state index contributed by atoms with van der Waals surface area (Å²) in [6.45, 7) is 0.226. The summed E-state index contributed by atoms with van der Waals surface area (Å²) in [5.41, 5.74) is 0.131. The van der Waals surface area contributed by atoms with Gasteiger partial charge in [-0.15, -0.1) is 0 Å². The first-order chi connectivity index (χ1) is 11.1. The minimum atomic E-state index is -3.83. The molecule has 2 atom stereocenters. The smallest absolute Gasteiger partial charge is 0.245 e. The molecule has 1 aromatic heterocycles. The van der Waals surface area contributed by atoms with Gasteiger partial charge in [-0.05, 0) is 18.6 Å². The molecule has 0 saturated carbocycles. The molecule has 120 valence electrons. The van der Waals surface area contributed by atoms with E-state index in [1.54, 1.807) is 31.6 Å². The molecule has 1 fully saturated rings. The van der Waals surface area contributed by atoms with E-state index < -0.39 is 16.1 Å². The number of H-pyrrole nitrogens is 1. The summed E-state index contributed by atoms with van der Waals surface area (Å²) >= 11 is 0. The van der Waals surface area contributed by atoms with Gasteiger partial charge < -0.3 is 9.72 Å². The van der Waals surface area contributed by atoms with E-state index in [1.807, 2.05) is 6.07 Å². The molecule has 0 radical (unpaired) electrons. The maximum absolute atomic E-state index is 13.1. The number of aromatic nitrogens is 2. The number of nitriles is 1. The first-order valence-electron chi connectivity index (χ1n) is 7.11. The van der Waals surface area contributed by atoms with Crippen LogP contribution in [0.25, 0.3) is 0 Å². The van der Waals surface area contributed by atoms with Crippen molar-refractivity contribution in [2.75, 3.05) is 13.7 Å². The van der Waals surface area contributed by atoms with Crippen LogP contribution >= 0.6 is 0 Å². The molecular formula is C15H16N4O3S. The molecule has 1 saturated heterocycles. The second kappa shape index (κ2) is 6.12. The van der Waals surface area contributed by atoms with Crippen molar-refractivity contribution in [2.45, 2.75) is 23.5 Å². The Morgan fingerprint density at radius 1 is 1.43 bits per heavy atom. The molecule has 1 aliphatic heterocycles. The van der Waals surface area contributed by atoms with Crippen LogP contribution in [0.5, 0.6) is 0 Å². The van der Waals surface area contributed by atoms with Crippen LogP contribution < -0.4 is 0 Å². The third-order valence-electron chi connectivity index (χ3n) is 3.98. The van der Waals surface area contributed by atoms with Gasteiger partial charge in [0, 0.05) is 26.0 Å². The Labute approximate surface area is 134 Å². The van der Waals surface area contributed by atoms with Crippen LogP contribution in [0.15, 0.2) is 41.6 Å². The summed E-state index contributed by atoms with van der Waals surface area (Å²) in [4.78, 5) is 7.16. The van der Waals surface area contributed by atoms with Gasteiger partial charge in [0.25, 0.3) is 0 Å². The van der Waals surface area contributed by atoms with E-state index in [0.717, 1.165) is 0 Å². The van der Waals surface area contributed by atoms with Crippen LogP contribution in [-0.4, -0.2) is 42.4 Å². The summed E-state index contributed by atoms with van der Waals surface area (Å²) < 4.78 is 32.8. The van der Waals surface area contributed by atoms with E-state index in [0.29, 0.717) is 12.2 Å². The Bertz CT molecular complexity index is 827. The predicted molar refractivity (Wildman–Crippen MR) is 81.8 cm³/mol. The molecular weight excluding hydrogens is 316 g/mol. The second-order valence-corrected chi connectivity index (χ2v) is 7.13. The third kappa shape index (κ3) is 2.74. The molecule has 2 heterocycles. The highest BCUT2D eigenvalue weighted by atomic mass is 32.2. The van der Waals surface area contributed by atoms with Crippen molar-refractivity contribution < 1.29 is 13.2 Å². The molecule has 0 amide bonds. The molecule has 23 heavy (non-hydrogen) atoms. The number of benzene rings is 1. The number of sulfonamides is 1. The largest absolute Gasteiger partial charge is 0.380 e. The topological polar surface area (TPSA) is 99.1 Å². The van der Waals surface area contributed by atoms with Crippen molar-refractivity contribution >= 4 is 10.0 Å². The van der Waals surface area contributed by atoms with Crippen LogP contribution in [0.1, 0.15) is 23.9 Å². The van der Waals surface area contributed by atoms with Crippen molar-refractivity contribution in [2.24, 2.45) is 0 Å². The molecule has 0 spiro atoms. The van der Waals surface area contributed by atoms with E-state index in [9.17, 15) is 13.7 Å². The number of aromatic amines is 1. The van der Waals surface area contributed by atoms with Crippen molar-refractivity contribution in [1.82, 2.24) is 14.3 Å². The van der Waals surface area contributed by atoms with Crippen LogP contribution in [-0.2, 0) is 14.8 Å². The van der Waals surface area contributed by atoms with Crippen molar-refractivity contribution in [3.05, 3.63) is 48.0 Å². The average molecular weight is 332 g/mol. The number of imidazole rings is 1. The molecule has 7 nitrogen and oxygen atoms in total. The number of hydrogen-bond acceptors (Lipinski definition) is 5. The van der Waals surface area contributed by atoms with Gasteiger partial charge >= 0.3 is 0 Å². The van der Waals surface area contributed by atoms with Crippen LogP contribution in [0, 0.1) is 11.3 Å². The minimum Gasteiger partial charge on any atom is -0.380 e. The van der Waals surface area contributed by atoms with Gasteiger partial charge in [0.15, 0.2) is 0 Å². The quantitative estimate of drug-likeness (QED) is 0.913. The molecule has 1 unspecified atom stereocenters. The van der Waals surface area contributed by atoms with Gasteiger partial charge in [-0.2, -0.15) is 9.57 Å². The van der Waals surface area contributed by atoms with Gasteiger partial charge in [-0.3, -0.25) is 0 Å². The fourth-order valence-electron chi connectivity index (χ4n) is 2.82. The molecule has 0 aliphatic carbocycles. The Balaban J connectivity index is 2.05. The van der Waals surface area contributed by atoms with Crippen molar-refractivity contribution in [3.8, 4) is 6.07 Å². The highest BCUT2D eigenvalue weighted by molar-refractivity contribution is 7.89. The molecule has 0 bridgehead atoms. The van der Waals surface area contributed by atoms with Crippen LogP contribution in [0.2, 0.25) is 0 Å². The number of hydrogen-bond donors (Lipinski definition) is 1. The Kier molecular flexibility index (Phi) is 4.17. The molecule has 1 aliphatic rings. The predicted octanol–water partition coefficient (Wildman–Crippen LogP) is 1.43. The lowest BCUT2D eigenvalue weighted by molar-refractivity contribution is 0.114. The van der Waals surface area contributed by atoms with E-state index in [1.165, 1.54) is 16.4 Å². The zero-order valence-electron chi connectivity index (χ0n) is 12.5. The summed E-state index contributed by atoms with van der Waals surface area (Å²) in [5.74, 6) is 0.572. The lowest BCUT2D eigenvalue weighted by Gasteiger charge is -2.22. The third-order valence-corrected chi connectivity index (χ3v) is 5.91. The first-order valence-corrected chi connectivity index (χ1v) is 8.55. The highest BCUT2D eigenvalue weighted by Gasteiger charge is 2.43. The molecule has 1 aromatic carbocycles. The van der Waals surface area contributed by atoms with Gasteiger partial charge in [-0.25, -0.2) is 13.4 Å². The van der Waals surface area contributed by atoms with E-state index in [4.69, 9.17) is 4.74 Å². The molecule has 1 N–H and O–H groups in total. The average Bonchev–Trinajstić information content (AvgIpc) is 3.23. The zero-order valence-corrected chi connectivity index (χ0v) is 13.3. The summed E-state index contributed by atoms with van der Waals surface area (Å²) in [5, 5.41) is 9.20. The van der Waals surface area contributed by atoms with Crippen LogP contribution in [0.4, 0.5) is 0 Å². The zero-order chi connectivity index (χ0) is 16.4. The maximum Gasteiger partial charge on any atom is 0.245 e. The molecule has 2 aromatic rings. The standard InChI is InChI=1S/C15H16N4O3S/c1-22-12-8-13(15-17-6-7-18-15)19(10-12)23(20,21)14-5-3-2-4-11(14)9-16/h2-7,12-13H,8,10H2,1H3,(H,17,18)/t12-,13?/m1/s1. The fourth-order valence-corrected chi connectivity index (χ4v) is 4.60. The van der Waals surface area contributed by atoms with Gasteiger partial charge in [0.2, 0.25) is 10.0 Å². The monoisotopic (exact) mass is 332 g/mol. The SMILES string of the molecule is CO[C@@H]1CC(c2ncc[nH]2)N(S(=O)(=O)c2ccccc2C#N)C1. The minimum absolute atomic E-state index is 0.0100. The molecule has 3 rings (SSSR count). The Hall–Kier alpha value is -2.21. The highest BCUT2D eigenvalue weighted by Crippen LogP contribution is 2.36. The second-order valence-electron chi connectivity index (χ2n) is 5.27. The van der Waals surface area contributed by atoms with Gasteiger partial charge in [0.1, 0.15) is 11.9 Å². The lowest BCUT2D eigenvalue weighted by Crippen LogP contribution is -2.33. The normalized spacial score (nSPS) is 22.1. The van der Waals surface area contributed by atoms with Crippen molar-refractivity contribution in [3.63, 3.8) is 0 Å². The van der Waals surface area contributed by atoms with Crippen LogP contribution in [0.3, 0.4) is 0 Å². The van der Waals surface area contributed by atoms with Gasteiger partial charge in [0.05, 0.1) is 22.6 Å². The summed E-state index contributed by atoms with van der Waals surface area (Å²) in [7, 11) is -2.27. The summed E-state index contributed by atoms with van der Waals surface area (Å²) in [6.07, 6.45) is 3.54. The lowest BCUT2D eigenvalue weighted by atomic mass is 10.2. The Morgan fingerprint density at radius 3 is 2.87 bits per heavy atom. The van der Waals surface area contributed by atoms with E-state index in [-0.39, 0.29) is 23.1 Å². The van der Waals surface area contributed by atoms with E-state index in [2.05, 4.69) is 9.97 Å². The number of methoxy groups -OCH3 is 1. The van der Waals surface area contributed by atoms with Crippen molar-refractivity contribution in [1.29, 1.82) is 5.26 Å². The molecule has 8 heteroatoms. The van der Waals surface area contributed by atoms with E-state index >= 15 is 0 Å².